The normalized spacial score (nSPS) is 19.0. The number of aromatic amines is 1. The molecule has 2 heterocycles. The van der Waals surface area contributed by atoms with Crippen LogP contribution < -0.4 is 5.32 Å². The summed E-state index contributed by atoms with van der Waals surface area (Å²) < 4.78 is 0. The Labute approximate surface area is 130 Å². The minimum Gasteiger partial charge on any atom is -0.363 e. The number of hydrogen-bond donors (Lipinski definition) is 2. The number of nitrogens with one attached hydrogen (secondary N) is 2. The van der Waals surface area contributed by atoms with Gasteiger partial charge in [-0.1, -0.05) is 6.07 Å². The van der Waals surface area contributed by atoms with Gasteiger partial charge in [-0.05, 0) is 56.6 Å². The maximum Gasteiger partial charge on any atom is 0.168 e. The van der Waals surface area contributed by atoms with Crippen molar-refractivity contribution in [3.8, 4) is 0 Å². The number of likely N-dealkylation sites (tertiary alicyclic amines) is 1. The zero-order valence-electron chi connectivity index (χ0n) is 12.6. The van der Waals surface area contributed by atoms with Gasteiger partial charge in [-0.15, -0.1) is 0 Å². The standard InChI is InChI=1S/C16H22N4S/c1-3-17-16(21)20-8-4-5-12(10-20)15-18-13-7-6-11(2)9-14(13)19-15/h6-7,9,12H,3-5,8,10H2,1-2H3,(H,17,21)(H,18,19)/t12-/m1/s1. The molecule has 1 aliphatic heterocycles. The number of hydrogen-bond acceptors (Lipinski definition) is 2. The highest BCUT2D eigenvalue weighted by Gasteiger charge is 2.25. The summed E-state index contributed by atoms with van der Waals surface area (Å²) in [6.07, 6.45) is 2.33. The van der Waals surface area contributed by atoms with Crippen molar-refractivity contribution < 1.29 is 0 Å². The molecule has 0 amide bonds. The van der Waals surface area contributed by atoms with E-state index < -0.39 is 0 Å². The van der Waals surface area contributed by atoms with E-state index in [4.69, 9.17) is 17.2 Å². The summed E-state index contributed by atoms with van der Waals surface area (Å²) in [7, 11) is 0. The van der Waals surface area contributed by atoms with Gasteiger partial charge in [-0.25, -0.2) is 4.98 Å². The lowest BCUT2D eigenvalue weighted by atomic mass is 9.98. The van der Waals surface area contributed by atoms with Gasteiger partial charge in [0, 0.05) is 25.6 Å². The minimum atomic E-state index is 0.433. The lowest BCUT2D eigenvalue weighted by molar-refractivity contribution is 0.300. The van der Waals surface area contributed by atoms with Gasteiger partial charge in [0.25, 0.3) is 0 Å². The van der Waals surface area contributed by atoms with Gasteiger partial charge in [-0.3, -0.25) is 0 Å². The van der Waals surface area contributed by atoms with Crippen molar-refractivity contribution in [2.24, 2.45) is 0 Å². The van der Waals surface area contributed by atoms with E-state index in [1.807, 2.05) is 0 Å². The van der Waals surface area contributed by atoms with E-state index in [-0.39, 0.29) is 0 Å². The van der Waals surface area contributed by atoms with Crippen LogP contribution in [0.4, 0.5) is 0 Å². The second-order valence-corrected chi connectivity index (χ2v) is 6.15. The first-order valence-electron chi connectivity index (χ1n) is 7.66. The average molecular weight is 302 g/mol. The molecule has 1 atom stereocenters. The summed E-state index contributed by atoms with van der Waals surface area (Å²) in [5, 5.41) is 4.12. The number of piperidine rings is 1. The van der Waals surface area contributed by atoms with Crippen molar-refractivity contribution in [3.05, 3.63) is 29.6 Å². The lowest BCUT2D eigenvalue weighted by Crippen LogP contribution is -2.44. The van der Waals surface area contributed by atoms with Gasteiger partial charge in [-0.2, -0.15) is 0 Å². The number of benzene rings is 1. The van der Waals surface area contributed by atoms with Crippen molar-refractivity contribution in [1.29, 1.82) is 0 Å². The van der Waals surface area contributed by atoms with Crippen LogP contribution in [0.25, 0.3) is 11.0 Å². The number of imidazole rings is 1. The van der Waals surface area contributed by atoms with Crippen LogP contribution in [0, 0.1) is 6.92 Å². The average Bonchev–Trinajstić information content (AvgIpc) is 2.90. The maximum atomic E-state index is 5.44. The van der Waals surface area contributed by atoms with Crippen molar-refractivity contribution in [2.45, 2.75) is 32.6 Å². The summed E-state index contributed by atoms with van der Waals surface area (Å²) in [6.45, 7) is 7.06. The number of aryl methyl sites for hydroxylation is 1. The number of fused-ring (bicyclic) bond motifs is 1. The van der Waals surface area contributed by atoms with Crippen LogP contribution in [0.3, 0.4) is 0 Å². The Morgan fingerprint density at radius 2 is 2.38 bits per heavy atom. The molecule has 112 valence electrons. The highest BCUT2D eigenvalue weighted by Crippen LogP contribution is 2.27. The van der Waals surface area contributed by atoms with Crippen molar-refractivity contribution >= 4 is 28.4 Å². The molecule has 5 heteroatoms. The van der Waals surface area contributed by atoms with Crippen LogP contribution in [-0.2, 0) is 0 Å². The third-order valence-corrected chi connectivity index (χ3v) is 4.48. The second-order valence-electron chi connectivity index (χ2n) is 5.76. The first kappa shape index (κ1) is 14.3. The topological polar surface area (TPSA) is 44.0 Å². The van der Waals surface area contributed by atoms with E-state index in [0.717, 1.165) is 48.0 Å². The van der Waals surface area contributed by atoms with Gasteiger partial charge >= 0.3 is 0 Å². The number of thiocarbonyl (C=S) groups is 1. The molecule has 0 radical (unpaired) electrons. The summed E-state index contributed by atoms with van der Waals surface area (Å²) in [6, 6.07) is 6.37. The summed E-state index contributed by atoms with van der Waals surface area (Å²) in [4.78, 5) is 10.5. The molecule has 4 nitrogen and oxygen atoms in total. The van der Waals surface area contributed by atoms with E-state index in [1.54, 1.807) is 0 Å². The summed E-state index contributed by atoms with van der Waals surface area (Å²) >= 11 is 5.44. The van der Waals surface area contributed by atoms with Crippen LogP contribution in [0.1, 0.15) is 37.1 Å². The van der Waals surface area contributed by atoms with E-state index in [9.17, 15) is 0 Å². The van der Waals surface area contributed by atoms with Crippen molar-refractivity contribution in [2.75, 3.05) is 19.6 Å². The van der Waals surface area contributed by atoms with Crippen LogP contribution in [-0.4, -0.2) is 39.6 Å². The molecule has 2 N–H and O–H groups in total. The summed E-state index contributed by atoms with van der Waals surface area (Å²) in [5.74, 6) is 1.53. The monoisotopic (exact) mass is 302 g/mol. The Morgan fingerprint density at radius 3 is 3.19 bits per heavy atom. The first-order valence-corrected chi connectivity index (χ1v) is 8.07. The molecule has 1 fully saturated rings. The number of aromatic nitrogens is 2. The predicted octanol–water partition coefficient (Wildman–Crippen LogP) is 2.95. The highest BCUT2D eigenvalue weighted by atomic mass is 32.1. The van der Waals surface area contributed by atoms with E-state index in [2.05, 4.69) is 47.2 Å². The second kappa shape index (κ2) is 6.02. The number of H-pyrrole nitrogens is 1. The van der Waals surface area contributed by atoms with Gasteiger partial charge in [0.05, 0.1) is 11.0 Å². The third kappa shape index (κ3) is 3.02. The van der Waals surface area contributed by atoms with Crippen molar-refractivity contribution in [1.82, 2.24) is 20.2 Å². The Bertz CT molecular complexity index is 649. The Balaban J connectivity index is 1.79. The molecular weight excluding hydrogens is 280 g/mol. The van der Waals surface area contributed by atoms with Gasteiger partial charge in [0.2, 0.25) is 0 Å². The molecule has 0 bridgehead atoms. The molecule has 0 unspecified atom stereocenters. The molecule has 0 saturated carbocycles. The molecule has 21 heavy (non-hydrogen) atoms. The molecule has 1 aromatic carbocycles. The molecule has 1 aliphatic rings. The SMILES string of the molecule is CCNC(=S)N1CCC[C@@H](c2nc3ccc(C)cc3[nH]2)C1. The Hall–Kier alpha value is -1.62. The van der Waals surface area contributed by atoms with Gasteiger partial charge < -0.3 is 15.2 Å². The highest BCUT2D eigenvalue weighted by molar-refractivity contribution is 7.80. The minimum absolute atomic E-state index is 0.433. The number of nitrogens with zero attached hydrogens (tertiary/aromatic N) is 2. The molecular formula is C16H22N4S. The van der Waals surface area contributed by atoms with E-state index >= 15 is 0 Å². The zero-order chi connectivity index (χ0) is 14.8. The molecule has 2 aromatic rings. The fraction of sp³-hybridized carbons (Fsp3) is 0.500. The maximum absolute atomic E-state index is 5.44. The number of rotatable bonds is 2. The van der Waals surface area contributed by atoms with Crippen LogP contribution in [0.15, 0.2) is 18.2 Å². The fourth-order valence-electron chi connectivity index (χ4n) is 2.98. The smallest absolute Gasteiger partial charge is 0.168 e. The van der Waals surface area contributed by atoms with Gasteiger partial charge in [0.15, 0.2) is 5.11 Å². The lowest BCUT2D eigenvalue weighted by Gasteiger charge is -2.33. The third-order valence-electron chi connectivity index (χ3n) is 4.08. The quantitative estimate of drug-likeness (QED) is 0.837. The Kier molecular flexibility index (Phi) is 4.10. The van der Waals surface area contributed by atoms with Gasteiger partial charge in [0.1, 0.15) is 5.82 Å². The molecule has 3 rings (SSSR count). The van der Waals surface area contributed by atoms with E-state index in [0.29, 0.717) is 5.92 Å². The fourth-order valence-corrected chi connectivity index (χ4v) is 3.29. The molecule has 1 saturated heterocycles. The first-order chi connectivity index (χ1) is 10.2. The Morgan fingerprint density at radius 1 is 1.52 bits per heavy atom. The van der Waals surface area contributed by atoms with Crippen LogP contribution in [0.2, 0.25) is 0 Å². The molecule has 0 spiro atoms. The van der Waals surface area contributed by atoms with Crippen LogP contribution >= 0.6 is 12.2 Å². The molecule has 1 aromatic heterocycles. The zero-order valence-corrected chi connectivity index (χ0v) is 13.5. The van der Waals surface area contributed by atoms with Crippen LogP contribution in [0.5, 0.6) is 0 Å². The van der Waals surface area contributed by atoms with Crippen molar-refractivity contribution in [3.63, 3.8) is 0 Å². The predicted molar refractivity (Wildman–Crippen MR) is 90.7 cm³/mol. The summed E-state index contributed by atoms with van der Waals surface area (Å²) in [5.41, 5.74) is 3.45. The largest absolute Gasteiger partial charge is 0.363 e. The van der Waals surface area contributed by atoms with E-state index in [1.165, 1.54) is 12.0 Å². The molecule has 0 aliphatic carbocycles.